The summed E-state index contributed by atoms with van der Waals surface area (Å²) in [6, 6.07) is 9.47. The van der Waals surface area contributed by atoms with Crippen molar-refractivity contribution in [3.05, 3.63) is 48.2 Å². The van der Waals surface area contributed by atoms with Gasteiger partial charge in [0.05, 0.1) is 12.0 Å². The molecule has 1 aliphatic rings. The number of amides is 1. The lowest BCUT2D eigenvalue weighted by Gasteiger charge is -2.34. The number of carbonyl (C=O) groups excluding carboxylic acids is 1. The van der Waals surface area contributed by atoms with Gasteiger partial charge in [0.2, 0.25) is 5.91 Å². The molecule has 0 N–H and O–H groups in total. The van der Waals surface area contributed by atoms with Crippen LogP contribution in [0.25, 0.3) is 11.6 Å². The van der Waals surface area contributed by atoms with Crippen LogP contribution in [-0.2, 0) is 17.9 Å². The highest BCUT2D eigenvalue weighted by Crippen LogP contribution is 2.25. The van der Waals surface area contributed by atoms with Crippen molar-refractivity contribution in [2.75, 3.05) is 31.9 Å². The average molecular weight is 496 g/mol. The van der Waals surface area contributed by atoms with E-state index in [2.05, 4.69) is 19.8 Å². The van der Waals surface area contributed by atoms with Crippen LogP contribution in [0, 0.1) is 0 Å². The molecule has 4 rings (SSSR count). The predicted octanol–water partition coefficient (Wildman–Crippen LogP) is 3.89. The summed E-state index contributed by atoms with van der Waals surface area (Å²) in [7, 11) is 0. The van der Waals surface area contributed by atoms with Gasteiger partial charge < -0.3 is 14.1 Å². The van der Waals surface area contributed by atoms with E-state index in [-0.39, 0.29) is 17.4 Å². The normalized spacial score (nSPS) is 15.0. The van der Waals surface area contributed by atoms with Crippen molar-refractivity contribution in [1.29, 1.82) is 0 Å². The Morgan fingerprint density at radius 3 is 2.47 bits per heavy atom. The summed E-state index contributed by atoms with van der Waals surface area (Å²) in [4.78, 5) is 16.7. The molecule has 182 valence electrons. The number of thioether (sulfide) groups is 1. The van der Waals surface area contributed by atoms with Crippen LogP contribution in [0.3, 0.4) is 0 Å². The molecule has 2 aromatic heterocycles. The van der Waals surface area contributed by atoms with Crippen LogP contribution in [0.5, 0.6) is 5.75 Å². The van der Waals surface area contributed by atoms with Crippen LogP contribution in [0.15, 0.2) is 52.2 Å². The monoisotopic (exact) mass is 495 g/mol. The minimum atomic E-state index is -4.70. The molecule has 0 atom stereocenters. The van der Waals surface area contributed by atoms with Crippen molar-refractivity contribution < 1.29 is 27.1 Å². The minimum Gasteiger partial charge on any atom is -0.461 e. The third-order valence-electron chi connectivity index (χ3n) is 5.39. The highest BCUT2D eigenvalue weighted by atomic mass is 32.2. The minimum absolute atomic E-state index is 0.0310. The van der Waals surface area contributed by atoms with E-state index in [0.29, 0.717) is 56.0 Å². The van der Waals surface area contributed by atoms with Crippen LogP contribution in [0.1, 0.15) is 12.5 Å². The molecule has 12 heteroatoms. The van der Waals surface area contributed by atoms with E-state index in [1.165, 1.54) is 23.9 Å². The maximum atomic E-state index is 12.7. The summed E-state index contributed by atoms with van der Waals surface area (Å²) in [5.74, 6) is 1.32. The second-order valence-corrected chi connectivity index (χ2v) is 8.61. The van der Waals surface area contributed by atoms with Gasteiger partial charge in [0.25, 0.3) is 0 Å². The van der Waals surface area contributed by atoms with Gasteiger partial charge in [0, 0.05) is 39.3 Å². The number of benzene rings is 1. The molecule has 34 heavy (non-hydrogen) atoms. The van der Waals surface area contributed by atoms with Crippen molar-refractivity contribution in [2.24, 2.45) is 0 Å². The molecule has 0 aliphatic carbocycles. The lowest BCUT2D eigenvalue weighted by Crippen LogP contribution is -2.48. The molecule has 8 nitrogen and oxygen atoms in total. The van der Waals surface area contributed by atoms with Gasteiger partial charge in [-0.15, -0.1) is 23.4 Å². The summed E-state index contributed by atoms with van der Waals surface area (Å²) in [5, 5.41) is 9.07. The molecular formula is C22H24F3N5O3S. The van der Waals surface area contributed by atoms with Crippen LogP contribution in [0.4, 0.5) is 13.2 Å². The number of piperazine rings is 1. The Labute approximate surface area is 198 Å². The van der Waals surface area contributed by atoms with E-state index < -0.39 is 6.36 Å². The van der Waals surface area contributed by atoms with Crippen LogP contribution < -0.4 is 4.74 Å². The molecule has 0 bridgehead atoms. The summed E-state index contributed by atoms with van der Waals surface area (Å²) >= 11 is 1.35. The van der Waals surface area contributed by atoms with E-state index >= 15 is 0 Å². The number of aromatic nitrogens is 3. The van der Waals surface area contributed by atoms with Gasteiger partial charge in [0.1, 0.15) is 5.75 Å². The zero-order valence-electron chi connectivity index (χ0n) is 18.5. The molecule has 1 aliphatic heterocycles. The molecule has 1 aromatic carbocycles. The van der Waals surface area contributed by atoms with E-state index in [1.807, 2.05) is 22.5 Å². The Morgan fingerprint density at radius 1 is 1.12 bits per heavy atom. The van der Waals surface area contributed by atoms with Crippen molar-refractivity contribution in [3.63, 3.8) is 0 Å². The standard InChI is InChI=1S/C22H24F3N5O3S/c1-2-30-20(18-4-3-13-32-18)26-27-21(30)34-15-19(31)29-11-9-28(10-12-29)14-16-5-7-17(8-6-16)33-22(23,24)25/h3-8,13H,2,9-12,14-15H2,1H3. The van der Waals surface area contributed by atoms with Gasteiger partial charge in [-0.05, 0) is 36.8 Å². The van der Waals surface area contributed by atoms with E-state index in [1.54, 1.807) is 24.5 Å². The first kappa shape index (κ1) is 24.1. The molecular weight excluding hydrogens is 471 g/mol. The summed E-state index contributed by atoms with van der Waals surface area (Å²) < 4.78 is 48.1. The molecule has 1 saturated heterocycles. The number of rotatable bonds is 8. The Bertz CT molecular complexity index is 1080. The lowest BCUT2D eigenvalue weighted by molar-refractivity contribution is -0.274. The van der Waals surface area contributed by atoms with Crippen LogP contribution in [-0.4, -0.2) is 68.8 Å². The van der Waals surface area contributed by atoms with Gasteiger partial charge in [-0.2, -0.15) is 0 Å². The van der Waals surface area contributed by atoms with Crippen LogP contribution >= 0.6 is 11.8 Å². The molecule has 0 saturated carbocycles. The molecule has 0 unspecified atom stereocenters. The molecule has 3 aromatic rings. The summed E-state index contributed by atoms with van der Waals surface area (Å²) in [6.07, 6.45) is -3.12. The molecule has 1 amide bonds. The topological polar surface area (TPSA) is 76.6 Å². The fourth-order valence-corrected chi connectivity index (χ4v) is 4.60. The Kier molecular flexibility index (Phi) is 7.47. The average Bonchev–Trinajstić information content (AvgIpc) is 3.48. The Morgan fingerprint density at radius 2 is 1.85 bits per heavy atom. The largest absolute Gasteiger partial charge is 0.573 e. The maximum absolute atomic E-state index is 12.7. The Hall–Kier alpha value is -2.99. The third-order valence-corrected chi connectivity index (χ3v) is 6.34. The van der Waals surface area contributed by atoms with Crippen molar-refractivity contribution in [1.82, 2.24) is 24.6 Å². The number of nitrogens with zero attached hydrogens (tertiary/aromatic N) is 5. The van der Waals surface area contributed by atoms with Gasteiger partial charge in [-0.1, -0.05) is 23.9 Å². The van der Waals surface area contributed by atoms with Gasteiger partial charge in [0.15, 0.2) is 16.7 Å². The number of hydrogen-bond acceptors (Lipinski definition) is 7. The summed E-state index contributed by atoms with van der Waals surface area (Å²) in [6.45, 7) is 5.78. The highest BCUT2D eigenvalue weighted by molar-refractivity contribution is 7.99. The first-order valence-corrected chi connectivity index (χ1v) is 11.8. The van der Waals surface area contributed by atoms with E-state index in [0.717, 1.165) is 5.56 Å². The second-order valence-electron chi connectivity index (χ2n) is 7.67. The molecule has 3 heterocycles. The quantitative estimate of drug-likeness (QED) is 0.439. The first-order valence-electron chi connectivity index (χ1n) is 10.8. The number of carbonyl (C=O) groups is 1. The Balaban J connectivity index is 1.24. The lowest BCUT2D eigenvalue weighted by atomic mass is 10.2. The highest BCUT2D eigenvalue weighted by Gasteiger charge is 2.31. The van der Waals surface area contributed by atoms with Crippen LogP contribution in [0.2, 0.25) is 0 Å². The smallest absolute Gasteiger partial charge is 0.461 e. The predicted molar refractivity (Wildman–Crippen MR) is 119 cm³/mol. The van der Waals surface area contributed by atoms with Gasteiger partial charge >= 0.3 is 6.36 Å². The van der Waals surface area contributed by atoms with Crippen molar-refractivity contribution in [3.8, 4) is 17.3 Å². The third kappa shape index (κ3) is 6.11. The summed E-state index contributed by atoms with van der Waals surface area (Å²) in [5.41, 5.74) is 0.885. The fourth-order valence-electron chi connectivity index (χ4n) is 3.70. The number of ether oxygens (including phenoxy) is 1. The first-order chi connectivity index (χ1) is 16.3. The van der Waals surface area contributed by atoms with Gasteiger partial charge in [-0.25, -0.2) is 0 Å². The maximum Gasteiger partial charge on any atom is 0.573 e. The zero-order valence-corrected chi connectivity index (χ0v) is 19.3. The fraction of sp³-hybridized carbons (Fsp3) is 0.409. The molecule has 0 radical (unpaired) electrons. The second kappa shape index (κ2) is 10.5. The molecule has 0 spiro atoms. The van der Waals surface area contributed by atoms with Crippen molar-refractivity contribution in [2.45, 2.75) is 31.5 Å². The SMILES string of the molecule is CCn1c(SCC(=O)N2CCN(Cc3ccc(OC(F)(F)F)cc3)CC2)nnc1-c1ccco1. The number of halogens is 3. The van der Waals surface area contributed by atoms with Crippen molar-refractivity contribution >= 4 is 17.7 Å². The molecule has 1 fully saturated rings. The number of furan rings is 1. The zero-order chi connectivity index (χ0) is 24.1. The number of alkyl halides is 3. The van der Waals surface area contributed by atoms with E-state index in [4.69, 9.17) is 4.42 Å². The van der Waals surface area contributed by atoms with E-state index in [9.17, 15) is 18.0 Å². The number of hydrogen-bond donors (Lipinski definition) is 0. The van der Waals surface area contributed by atoms with Gasteiger partial charge in [-0.3, -0.25) is 14.3 Å².